The first kappa shape index (κ1) is 14.3. The molecule has 17 heavy (non-hydrogen) atoms. The van der Waals surface area contributed by atoms with Gasteiger partial charge in [-0.15, -0.1) is 0 Å². The maximum Gasteiger partial charge on any atom is 0.125 e. The Morgan fingerprint density at radius 3 is 2.53 bits per heavy atom. The highest BCUT2D eigenvalue weighted by Crippen LogP contribution is 2.22. The second-order valence-electron chi connectivity index (χ2n) is 4.72. The van der Waals surface area contributed by atoms with Crippen LogP contribution in [-0.4, -0.2) is 23.9 Å². The molecule has 0 atom stereocenters. The van der Waals surface area contributed by atoms with Crippen molar-refractivity contribution < 1.29 is 14.6 Å². The van der Waals surface area contributed by atoms with E-state index in [0.717, 1.165) is 0 Å². The van der Waals surface area contributed by atoms with E-state index in [-0.39, 0.29) is 12.2 Å². The van der Waals surface area contributed by atoms with Crippen LogP contribution < -0.4 is 4.74 Å². The van der Waals surface area contributed by atoms with Crippen LogP contribution in [-0.2, 0) is 11.3 Å². The first-order valence-electron chi connectivity index (χ1n) is 5.58. The summed E-state index contributed by atoms with van der Waals surface area (Å²) in [6.45, 7) is 6.86. The Hall–Kier alpha value is -0.770. The number of benzene rings is 1. The van der Waals surface area contributed by atoms with Gasteiger partial charge in [0.15, 0.2) is 0 Å². The SMILES string of the molecule is CC(C)(C)OCCOc1ccc(Cl)cc1CO. The molecule has 4 heteroatoms. The van der Waals surface area contributed by atoms with Gasteiger partial charge in [0, 0.05) is 10.6 Å². The fraction of sp³-hybridized carbons (Fsp3) is 0.538. The van der Waals surface area contributed by atoms with Crippen LogP contribution in [0, 0.1) is 0 Å². The second-order valence-corrected chi connectivity index (χ2v) is 5.16. The van der Waals surface area contributed by atoms with Crippen molar-refractivity contribution in [3.63, 3.8) is 0 Å². The van der Waals surface area contributed by atoms with Crippen LogP contribution in [0.4, 0.5) is 0 Å². The van der Waals surface area contributed by atoms with E-state index in [9.17, 15) is 0 Å². The van der Waals surface area contributed by atoms with Crippen LogP contribution in [0.2, 0.25) is 5.02 Å². The highest BCUT2D eigenvalue weighted by Gasteiger charge is 2.10. The highest BCUT2D eigenvalue weighted by molar-refractivity contribution is 6.30. The molecule has 1 aromatic rings. The van der Waals surface area contributed by atoms with E-state index in [1.165, 1.54) is 0 Å². The monoisotopic (exact) mass is 258 g/mol. The summed E-state index contributed by atoms with van der Waals surface area (Å²) in [5.74, 6) is 0.648. The van der Waals surface area contributed by atoms with Gasteiger partial charge in [0.1, 0.15) is 12.4 Å². The summed E-state index contributed by atoms with van der Waals surface area (Å²) in [6, 6.07) is 5.19. The van der Waals surface area contributed by atoms with Gasteiger partial charge < -0.3 is 14.6 Å². The Kier molecular flexibility index (Phi) is 5.25. The summed E-state index contributed by atoms with van der Waals surface area (Å²) in [5.41, 5.74) is 0.525. The molecule has 0 fully saturated rings. The molecule has 0 unspecified atom stereocenters. The van der Waals surface area contributed by atoms with Crippen LogP contribution in [0.15, 0.2) is 18.2 Å². The molecule has 0 bridgehead atoms. The first-order chi connectivity index (χ1) is 7.92. The predicted octanol–water partition coefficient (Wildman–Crippen LogP) is 3.03. The quantitative estimate of drug-likeness (QED) is 0.825. The molecule has 0 spiro atoms. The standard InChI is InChI=1S/C13H19ClO3/c1-13(2,3)17-7-6-16-12-5-4-11(14)8-10(12)9-15/h4-5,8,15H,6-7,9H2,1-3H3. The van der Waals surface area contributed by atoms with Crippen molar-refractivity contribution in [1.82, 2.24) is 0 Å². The Morgan fingerprint density at radius 2 is 1.94 bits per heavy atom. The minimum absolute atomic E-state index is 0.0873. The number of hydrogen-bond donors (Lipinski definition) is 1. The molecular weight excluding hydrogens is 240 g/mol. The zero-order valence-corrected chi connectivity index (χ0v) is 11.3. The van der Waals surface area contributed by atoms with Crippen molar-refractivity contribution in [2.75, 3.05) is 13.2 Å². The summed E-state index contributed by atoms with van der Waals surface area (Å²) in [5, 5.41) is 9.75. The van der Waals surface area contributed by atoms with Gasteiger partial charge in [-0.05, 0) is 39.0 Å². The van der Waals surface area contributed by atoms with Crippen LogP contribution in [0.5, 0.6) is 5.75 Å². The minimum Gasteiger partial charge on any atom is -0.491 e. The van der Waals surface area contributed by atoms with Gasteiger partial charge in [0.05, 0.1) is 18.8 Å². The summed E-state index contributed by atoms with van der Waals surface area (Å²) >= 11 is 5.83. The van der Waals surface area contributed by atoms with E-state index < -0.39 is 0 Å². The maximum absolute atomic E-state index is 9.16. The number of hydrogen-bond acceptors (Lipinski definition) is 3. The highest BCUT2D eigenvalue weighted by atomic mass is 35.5. The summed E-state index contributed by atoms with van der Waals surface area (Å²) < 4.78 is 11.1. The summed E-state index contributed by atoms with van der Waals surface area (Å²) in [7, 11) is 0. The molecule has 0 aromatic heterocycles. The molecule has 1 aromatic carbocycles. The van der Waals surface area contributed by atoms with Crippen LogP contribution in [0.1, 0.15) is 26.3 Å². The number of ether oxygens (including phenoxy) is 2. The molecule has 0 saturated heterocycles. The minimum atomic E-state index is -0.164. The van der Waals surface area contributed by atoms with Crippen molar-refractivity contribution in [2.24, 2.45) is 0 Å². The van der Waals surface area contributed by atoms with Crippen molar-refractivity contribution in [3.05, 3.63) is 28.8 Å². The van der Waals surface area contributed by atoms with Gasteiger partial charge in [0.25, 0.3) is 0 Å². The molecule has 0 heterocycles. The van der Waals surface area contributed by atoms with Crippen LogP contribution in [0.3, 0.4) is 0 Å². The molecule has 3 nitrogen and oxygen atoms in total. The van der Waals surface area contributed by atoms with E-state index in [2.05, 4.69) is 0 Å². The molecule has 0 radical (unpaired) electrons. The normalized spacial score (nSPS) is 11.6. The van der Waals surface area contributed by atoms with Crippen molar-refractivity contribution in [3.8, 4) is 5.75 Å². The van der Waals surface area contributed by atoms with Gasteiger partial charge in [0.2, 0.25) is 0 Å². The largest absolute Gasteiger partial charge is 0.491 e. The fourth-order valence-electron chi connectivity index (χ4n) is 1.31. The number of aliphatic hydroxyl groups excluding tert-OH is 1. The van der Waals surface area contributed by atoms with E-state index >= 15 is 0 Å². The summed E-state index contributed by atoms with van der Waals surface area (Å²) in [6.07, 6.45) is 0. The molecule has 0 aliphatic heterocycles. The molecular formula is C13H19ClO3. The van der Waals surface area contributed by atoms with Gasteiger partial charge in [-0.25, -0.2) is 0 Å². The lowest BCUT2D eigenvalue weighted by Crippen LogP contribution is -2.22. The zero-order chi connectivity index (χ0) is 12.9. The summed E-state index contributed by atoms with van der Waals surface area (Å²) in [4.78, 5) is 0. The fourth-order valence-corrected chi connectivity index (χ4v) is 1.51. The average molecular weight is 259 g/mol. The smallest absolute Gasteiger partial charge is 0.125 e. The maximum atomic E-state index is 9.16. The van der Waals surface area contributed by atoms with Gasteiger partial charge in [-0.2, -0.15) is 0 Å². The number of rotatable bonds is 5. The Balaban J connectivity index is 2.46. The third kappa shape index (κ3) is 5.39. The van der Waals surface area contributed by atoms with Gasteiger partial charge in [-0.3, -0.25) is 0 Å². The predicted molar refractivity (Wildman–Crippen MR) is 68.6 cm³/mol. The van der Waals surface area contributed by atoms with E-state index in [1.54, 1.807) is 18.2 Å². The lowest BCUT2D eigenvalue weighted by molar-refractivity contribution is -0.0165. The average Bonchev–Trinajstić information content (AvgIpc) is 2.24. The molecule has 0 amide bonds. The molecule has 1 rings (SSSR count). The lowest BCUT2D eigenvalue weighted by atomic mass is 10.2. The van der Waals surface area contributed by atoms with Crippen molar-refractivity contribution >= 4 is 11.6 Å². The third-order valence-corrected chi connectivity index (χ3v) is 2.30. The van der Waals surface area contributed by atoms with Crippen LogP contribution in [0.25, 0.3) is 0 Å². The Labute approximate surface area is 107 Å². The zero-order valence-electron chi connectivity index (χ0n) is 10.5. The first-order valence-corrected chi connectivity index (χ1v) is 5.96. The number of aliphatic hydroxyl groups is 1. The Bertz CT molecular complexity index is 358. The second kappa shape index (κ2) is 6.24. The van der Waals surface area contributed by atoms with E-state index in [1.807, 2.05) is 20.8 Å². The van der Waals surface area contributed by atoms with Crippen molar-refractivity contribution in [2.45, 2.75) is 33.0 Å². The molecule has 0 saturated carbocycles. The lowest BCUT2D eigenvalue weighted by Gasteiger charge is -2.19. The number of halogens is 1. The third-order valence-electron chi connectivity index (χ3n) is 2.07. The molecule has 96 valence electrons. The van der Waals surface area contributed by atoms with E-state index in [0.29, 0.717) is 29.5 Å². The van der Waals surface area contributed by atoms with E-state index in [4.69, 9.17) is 26.2 Å². The van der Waals surface area contributed by atoms with Crippen molar-refractivity contribution in [1.29, 1.82) is 0 Å². The van der Waals surface area contributed by atoms with Gasteiger partial charge >= 0.3 is 0 Å². The van der Waals surface area contributed by atoms with Gasteiger partial charge in [-0.1, -0.05) is 11.6 Å². The van der Waals surface area contributed by atoms with Crippen LogP contribution >= 0.6 is 11.6 Å². The topological polar surface area (TPSA) is 38.7 Å². The molecule has 1 N–H and O–H groups in total. The molecule has 0 aliphatic rings. The Morgan fingerprint density at radius 1 is 1.24 bits per heavy atom. The molecule has 0 aliphatic carbocycles.